The average molecular weight is 269 g/mol. The number of rotatable bonds is 6. The monoisotopic (exact) mass is 269 g/mol. The Hall–Kier alpha value is -2.20. The number of para-hydroxylation sites is 1. The smallest absolute Gasteiger partial charge is 0.238 e. The molecule has 1 amide bonds. The van der Waals surface area contributed by atoms with Crippen molar-refractivity contribution in [2.24, 2.45) is 0 Å². The van der Waals surface area contributed by atoms with E-state index in [1.807, 2.05) is 36.4 Å². The summed E-state index contributed by atoms with van der Waals surface area (Å²) in [5.74, 6) is -0.0508. The number of pyridine rings is 1. The zero-order valence-corrected chi connectivity index (χ0v) is 11.6. The number of carbonyl (C=O) groups excluding carboxylic acids is 1. The van der Waals surface area contributed by atoms with Gasteiger partial charge in [0.1, 0.15) is 0 Å². The second-order valence-electron chi connectivity index (χ2n) is 4.48. The fourth-order valence-corrected chi connectivity index (χ4v) is 1.97. The maximum Gasteiger partial charge on any atom is 0.238 e. The first-order valence-electron chi connectivity index (χ1n) is 6.78. The predicted octanol–water partition coefficient (Wildman–Crippen LogP) is 2.37. The maximum absolute atomic E-state index is 11.8. The van der Waals surface area contributed by atoms with Crippen LogP contribution in [-0.2, 0) is 17.8 Å². The third kappa shape index (κ3) is 4.17. The molecule has 2 aromatic rings. The lowest BCUT2D eigenvalue weighted by molar-refractivity contribution is -0.115. The lowest BCUT2D eigenvalue weighted by Gasteiger charge is -2.08. The largest absolute Gasteiger partial charge is 0.325 e. The van der Waals surface area contributed by atoms with Crippen LogP contribution in [0.4, 0.5) is 5.69 Å². The van der Waals surface area contributed by atoms with Crippen molar-refractivity contribution in [2.75, 3.05) is 11.9 Å². The first-order valence-corrected chi connectivity index (χ1v) is 6.78. The Morgan fingerprint density at radius 3 is 2.70 bits per heavy atom. The number of hydrogen-bond acceptors (Lipinski definition) is 3. The van der Waals surface area contributed by atoms with Gasteiger partial charge in [0.25, 0.3) is 0 Å². The zero-order valence-electron chi connectivity index (χ0n) is 11.6. The number of amides is 1. The molecule has 4 nitrogen and oxygen atoms in total. The lowest BCUT2D eigenvalue weighted by atomic mass is 10.1. The van der Waals surface area contributed by atoms with Crippen LogP contribution in [0.3, 0.4) is 0 Å². The Bertz CT molecular complexity index is 555. The molecule has 0 aliphatic rings. The van der Waals surface area contributed by atoms with E-state index in [2.05, 4.69) is 28.6 Å². The van der Waals surface area contributed by atoms with E-state index in [0.717, 1.165) is 17.8 Å². The molecular formula is C16H19N3O. The van der Waals surface area contributed by atoms with Crippen molar-refractivity contribution in [1.29, 1.82) is 0 Å². The molecule has 0 aliphatic heterocycles. The third-order valence-electron chi connectivity index (χ3n) is 3.00. The summed E-state index contributed by atoms with van der Waals surface area (Å²) in [6.45, 7) is 2.98. The van der Waals surface area contributed by atoms with Crippen molar-refractivity contribution in [1.82, 2.24) is 10.3 Å². The molecule has 0 spiro atoms. The molecule has 0 unspecified atom stereocenters. The number of hydrogen-bond donors (Lipinski definition) is 2. The maximum atomic E-state index is 11.8. The number of nitrogens with one attached hydrogen (secondary N) is 2. The topological polar surface area (TPSA) is 54.0 Å². The Balaban J connectivity index is 1.79. The average Bonchev–Trinajstić information content (AvgIpc) is 2.49. The van der Waals surface area contributed by atoms with Gasteiger partial charge in [0.05, 0.1) is 12.2 Å². The predicted molar refractivity (Wildman–Crippen MR) is 80.4 cm³/mol. The number of benzene rings is 1. The zero-order chi connectivity index (χ0) is 14.2. The summed E-state index contributed by atoms with van der Waals surface area (Å²) in [5.41, 5.74) is 3.03. The van der Waals surface area contributed by atoms with Gasteiger partial charge < -0.3 is 10.6 Å². The molecule has 0 radical (unpaired) electrons. The number of aromatic nitrogens is 1. The van der Waals surface area contributed by atoms with Gasteiger partial charge in [-0.3, -0.25) is 9.78 Å². The molecule has 20 heavy (non-hydrogen) atoms. The normalized spacial score (nSPS) is 10.2. The minimum absolute atomic E-state index is 0.0508. The van der Waals surface area contributed by atoms with Crippen LogP contribution in [0, 0.1) is 0 Å². The highest BCUT2D eigenvalue weighted by Gasteiger charge is 2.04. The van der Waals surface area contributed by atoms with Gasteiger partial charge in [0, 0.05) is 18.4 Å². The highest BCUT2D eigenvalue weighted by Crippen LogP contribution is 2.06. The van der Waals surface area contributed by atoms with E-state index in [-0.39, 0.29) is 12.5 Å². The van der Waals surface area contributed by atoms with Crippen LogP contribution in [0.1, 0.15) is 18.2 Å². The number of aryl methyl sites for hydroxylation is 1. The van der Waals surface area contributed by atoms with Crippen molar-refractivity contribution in [3.8, 4) is 0 Å². The molecule has 1 heterocycles. The Kier molecular flexibility index (Phi) is 5.26. The molecule has 1 aromatic carbocycles. The van der Waals surface area contributed by atoms with Crippen molar-refractivity contribution < 1.29 is 4.79 Å². The van der Waals surface area contributed by atoms with Crippen LogP contribution < -0.4 is 10.6 Å². The summed E-state index contributed by atoms with van der Waals surface area (Å²) in [6.07, 6.45) is 2.72. The molecule has 0 aliphatic carbocycles. The van der Waals surface area contributed by atoms with E-state index in [0.29, 0.717) is 6.54 Å². The molecule has 1 aromatic heterocycles. The molecule has 0 fully saturated rings. The van der Waals surface area contributed by atoms with E-state index in [1.165, 1.54) is 5.56 Å². The van der Waals surface area contributed by atoms with Gasteiger partial charge in [-0.1, -0.05) is 31.2 Å². The Morgan fingerprint density at radius 2 is 1.95 bits per heavy atom. The summed E-state index contributed by atoms with van der Waals surface area (Å²) in [6, 6.07) is 13.4. The quantitative estimate of drug-likeness (QED) is 0.846. The number of carbonyl (C=O) groups is 1. The molecular weight excluding hydrogens is 250 g/mol. The third-order valence-corrected chi connectivity index (χ3v) is 3.00. The van der Waals surface area contributed by atoms with Crippen LogP contribution in [-0.4, -0.2) is 17.4 Å². The minimum atomic E-state index is -0.0508. The van der Waals surface area contributed by atoms with Gasteiger partial charge in [-0.2, -0.15) is 0 Å². The van der Waals surface area contributed by atoms with Crippen LogP contribution in [0.25, 0.3) is 0 Å². The Morgan fingerprint density at radius 1 is 1.15 bits per heavy atom. The molecule has 0 saturated heterocycles. The highest BCUT2D eigenvalue weighted by atomic mass is 16.1. The first-order chi connectivity index (χ1) is 9.79. The summed E-state index contributed by atoms with van der Waals surface area (Å²) in [7, 11) is 0. The van der Waals surface area contributed by atoms with Crippen molar-refractivity contribution >= 4 is 11.6 Å². The fraction of sp³-hybridized carbons (Fsp3) is 0.250. The van der Waals surface area contributed by atoms with Gasteiger partial charge in [0.2, 0.25) is 5.91 Å². The number of anilines is 1. The van der Waals surface area contributed by atoms with Crippen LogP contribution in [0.5, 0.6) is 0 Å². The molecule has 2 rings (SSSR count). The van der Waals surface area contributed by atoms with Crippen LogP contribution in [0.2, 0.25) is 0 Å². The highest BCUT2D eigenvalue weighted by molar-refractivity contribution is 5.92. The van der Waals surface area contributed by atoms with Gasteiger partial charge in [-0.25, -0.2) is 0 Å². The molecule has 4 heteroatoms. The van der Waals surface area contributed by atoms with Gasteiger partial charge in [-0.05, 0) is 30.2 Å². The second kappa shape index (κ2) is 7.40. The van der Waals surface area contributed by atoms with Gasteiger partial charge >= 0.3 is 0 Å². The van der Waals surface area contributed by atoms with E-state index < -0.39 is 0 Å². The second-order valence-corrected chi connectivity index (χ2v) is 4.48. The molecule has 0 bridgehead atoms. The molecule has 104 valence electrons. The van der Waals surface area contributed by atoms with Crippen LogP contribution in [0.15, 0.2) is 48.7 Å². The number of nitrogens with zero attached hydrogens (tertiary/aromatic N) is 1. The summed E-state index contributed by atoms with van der Waals surface area (Å²) < 4.78 is 0. The summed E-state index contributed by atoms with van der Waals surface area (Å²) in [4.78, 5) is 16.1. The summed E-state index contributed by atoms with van der Waals surface area (Å²) in [5, 5.41) is 5.96. The van der Waals surface area contributed by atoms with Crippen molar-refractivity contribution in [3.05, 3.63) is 59.9 Å². The molecule has 2 N–H and O–H groups in total. The van der Waals surface area contributed by atoms with Gasteiger partial charge in [0.15, 0.2) is 0 Å². The molecule has 0 saturated carbocycles. The van der Waals surface area contributed by atoms with Gasteiger partial charge in [-0.15, -0.1) is 0 Å². The Labute approximate surface area is 119 Å². The van der Waals surface area contributed by atoms with Crippen molar-refractivity contribution in [3.63, 3.8) is 0 Å². The molecule has 0 atom stereocenters. The van der Waals surface area contributed by atoms with E-state index >= 15 is 0 Å². The standard InChI is InChI=1S/C16H19N3O/c1-2-13-7-6-10-18-15(13)11-17-12-16(20)19-14-8-4-3-5-9-14/h3-10,17H,2,11-12H2,1H3,(H,19,20). The summed E-state index contributed by atoms with van der Waals surface area (Å²) >= 11 is 0. The van der Waals surface area contributed by atoms with E-state index in [4.69, 9.17) is 0 Å². The lowest BCUT2D eigenvalue weighted by Crippen LogP contribution is -2.28. The van der Waals surface area contributed by atoms with E-state index in [9.17, 15) is 4.79 Å². The van der Waals surface area contributed by atoms with Crippen molar-refractivity contribution in [2.45, 2.75) is 19.9 Å². The van der Waals surface area contributed by atoms with E-state index in [1.54, 1.807) is 6.20 Å². The first kappa shape index (κ1) is 14.2. The van der Waals surface area contributed by atoms with Crippen LogP contribution >= 0.6 is 0 Å². The minimum Gasteiger partial charge on any atom is -0.325 e. The fourth-order valence-electron chi connectivity index (χ4n) is 1.97. The SMILES string of the molecule is CCc1cccnc1CNCC(=O)Nc1ccccc1.